The molecule has 0 aliphatic rings. The van der Waals surface area contributed by atoms with E-state index in [-0.39, 0.29) is 5.91 Å². The van der Waals surface area contributed by atoms with E-state index in [9.17, 15) is 4.79 Å². The van der Waals surface area contributed by atoms with Gasteiger partial charge in [-0.05, 0) is 24.3 Å². The Morgan fingerprint density at radius 2 is 1.78 bits per heavy atom. The minimum atomic E-state index is -0.171. The number of nitrogens with one attached hydrogen (secondary N) is 2. The first kappa shape index (κ1) is 14.6. The summed E-state index contributed by atoms with van der Waals surface area (Å²) >= 11 is 0. The van der Waals surface area contributed by atoms with Gasteiger partial charge in [-0.3, -0.25) is 9.78 Å². The number of carbonyl (C=O) groups excluding carboxylic acids is 1. The van der Waals surface area contributed by atoms with Crippen LogP contribution in [-0.4, -0.2) is 20.9 Å². The van der Waals surface area contributed by atoms with E-state index in [0.29, 0.717) is 17.8 Å². The van der Waals surface area contributed by atoms with Gasteiger partial charge < -0.3 is 10.6 Å². The number of hydrogen-bond donors (Lipinski definition) is 2. The molecule has 2 heterocycles. The smallest absolute Gasteiger partial charge is 0.253 e. The van der Waals surface area contributed by atoms with Crippen molar-refractivity contribution in [1.82, 2.24) is 20.3 Å². The molecule has 3 rings (SSSR count). The SMILES string of the molecule is O=C(NCc1ccccn1)c1ccccc1Nc1cncnc1. The van der Waals surface area contributed by atoms with Crippen LogP contribution in [0.5, 0.6) is 0 Å². The number of para-hydroxylation sites is 1. The lowest BCUT2D eigenvalue weighted by atomic mass is 10.1. The molecule has 1 aromatic carbocycles. The largest absolute Gasteiger partial charge is 0.352 e. The third kappa shape index (κ3) is 3.88. The number of pyridine rings is 1. The van der Waals surface area contributed by atoms with Gasteiger partial charge in [0.15, 0.2) is 0 Å². The molecular formula is C17H15N5O. The molecule has 0 bridgehead atoms. The molecule has 0 aliphatic heterocycles. The Kier molecular flexibility index (Phi) is 4.54. The summed E-state index contributed by atoms with van der Waals surface area (Å²) in [6, 6.07) is 12.9. The summed E-state index contributed by atoms with van der Waals surface area (Å²) in [7, 11) is 0. The Bertz CT molecular complexity index is 777. The second-order valence-corrected chi connectivity index (χ2v) is 4.80. The van der Waals surface area contributed by atoms with Gasteiger partial charge in [0, 0.05) is 6.20 Å². The maximum Gasteiger partial charge on any atom is 0.253 e. The summed E-state index contributed by atoms with van der Waals surface area (Å²) in [6.45, 7) is 0.377. The van der Waals surface area contributed by atoms with Crippen LogP contribution in [0.2, 0.25) is 0 Å². The highest BCUT2D eigenvalue weighted by molar-refractivity contribution is 6.00. The van der Waals surface area contributed by atoms with E-state index < -0.39 is 0 Å². The number of aromatic nitrogens is 3. The van der Waals surface area contributed by atoms with Gasteiger partial charge in [-0.1, -0.05) is 18.2 Å². The van der Waals surface area contributed by atoms with E-state index in [1.165, 1.54) is 6.33 Å². The van der Waals surface area contributed by atoms with Crippen LogP contribution in [-0.2, 0) is 6.54 Å². The van der Waals surface area contributed by atoms with E-state index in [2.05, 4.69) is 25.6 Å². The Labute approximate surface area is 133 Å². The highest BCUT2D eigenvalue weighted by atomic mass is 16.1. The van der Waals surface area contributed by atoms with Crippen LogP contribution in [0.3, 0.4) is 0 Å². The van der Waals surface area contributed by atoms with Gasteiger partial charge in [0.05, 0.1) is 41.6 Å². The lowest BCUT2D eigenvalue weighted by molar-refractivity contribution is 0.0951. The summed E-state index contributed by atoms with van der Waals surface area (Å²) in [4.78, 5) is 24.5. The first-order chi connectivity index (χ1) is 11.3. The molecule has 23 heavy (non-hydrogen) atoms. The molecule has 6 heteroatoms. The molecule has 0 saturated heterocycles. The van der Waals surface area contributed by atoms with Gasteiger partial charge in [-0.25, -0.2) is 9.97 Å². The summed E-state index contributed by atoms with van der Waals surface area (Å²) in [5, 5.41) is 6.02. The highest BCUT2D eigenvalue weighted by Crippen LogP contribution is 2.19. The zero-order chi connectivity index (χ0) is 15.9. The second-order valence-electron chi connectivity index (χ2n) is 4.80. The van der Waals surface area contributed by atoms with E-state index in [1.54, 1.807) is 24.7 Å². The predicted octanol–water partition coefficient (Wildman–Crippen LogP) is 2.55. The normalized spacial score (nSPS) is 10.1. The number of hydrogen-bond acceptors (Lipinski definition) is 5. The average Bonchev–Trinajstić information content (AvgIpc) is 2.62. The Morgan fingerprint density at radius 1 is 1.00 bits per heavy atom. The third-order valence-corrected chi connectivity index (χ3v) is 3.17. The van der Waals surface area contributed by atoms with Crippen LogP contribution in [0.1, 0.15) is 16.1 Å². The summed E-state index contributed by atoms with van der Waals surface area (Å²) in [5.41, 5.74) is 2.77. The van der Waals surface area contributed by atoms with Crippen LogP contribution in [0, 0.1) is 0 Å². The lowest BCUT2D eigenvalue weighted by Gasteiger charge is -2.11. The summed E-state index contributed by atoms with van der Waals surface area (Å²) in [5.74, 6) is -0.171. The fraction of sp³-hybridized carbons (Fsp3) is 0.0588. The Hall–Kier alpha value is -3.28. The number of benzene rings is 1. The van der Waals surface area contributed by atoms with Gasteiger partial charge in [0.2, 0.25) is 0 Å². The molecule has 0 spiro atoms. The third-order valence-electron chi connectivity index (χ3n) is 3.17. The summed E-state index contributed by atoms with van der Waals surface area (Å²) in [6.07, 6.45) is 6.45. The van der Waals surface area contributed by atoms with Gasteiger partial charge in [0.25, 0.3) is 5.91 Å². The standard InChI is InChI=1S/C17H15N5O/c23-17(21-11-13-5-3-4-8-20-13)15-6-1-2-7-16(15)22-14-9-18-12-19-10-14/h1-10,12,22H,11H2,(H,21,23). The van der Waals surface area contributed by atoms with E-state index >= 15 is 0 Å². The number of anilines is 2. The van der Waals surface area contributed by atoms with Crippen molar-refractivity contribution < 1.29 is 4.79 Å². The number of nitrogens with zero attached hydrogens (tertiary/aromatic N) is 3. The van der Waals surface area contributed by atoms with Gasteiger partial charge >= 0.3 is 0 Å². The summed E-state index contributed by atoms with van der Waals surface area (Å²) < 4.78 is 0. The van der Waals surface area contributed by atoms with Crippen molar-refractivity contribution in [3.8, 4) is 0 Å². The van der Waals surface area contributed by atoms with Crippen LogP contribution >= 0.6 is 0 Å². The first-order valence-electron chi connectivity index (χ1n) is 7.12. The highest BCUT2D eigenvalue weighted by Gasteiger charge is 2.11. The molecule has 6 nitrogen and oxygen atoms in total. The van der Waals surface area contributed by atoms with Crippen molar-refractivity contribution >= 4 is 17.3 Å². The van der Waals surface area contributed by atoms with Crippen molar-refractivity contribution in [2.75, 3.05) is 5.32 Å². The number of amides is 1. The van der Waals surface area contributed by atoms with Gasteiger partial charge in [-0.15, -0.1) is 0 Å². The first-order valence-corrected chi connectivity index (χ1v) is 7.12. The van der Waals surface area contributed by atoms with Crippen molar-refractivity contribution in [2.45, 2.75) is 6.54 Å². The molecule has 0 aliphatic carbocycles. The van der Waals surface area contributed by atoms with Crippen molar-refractivity contribution in [3.05, 3.63) is 78.6 Å². The van der Waals surface area contributed by atoms with Crippen LogP contribution in [0.15, 0.2) is 67.4 Å². The minimum Gasteiger partial charge on any atom is -0.352 e. The quantitative estimate of drug-likeness (QED) is 0.757. The molecule has 0 radical (unpaired) electrons. The minimum absolute atomic E-state index is 0.171. The molecule has 0 unspecified atom stereocenters. The monoisotopic (exact) mass is 305 g/mol. The second kappa shape index (κ2) is 7.13. The van der Waals surface area contributed by atoms with Crippen molar-refractivity contribution in [3.63, 3.8) is 0 Å². The fourth-order valence-corrected chi connectivity index (χ4v) is 2.08. The van der Waals surface area contributed by atoms with E-state index in [0.717, 1.165) is 11.4 Å². The average molecular weight is 305 g/mol. The molecule has 2 N–H and O–H groups in total. The van der Waals surface area contributed by atoms with Crippen LogP contribution in [0.4, 0.5) is 11.4 Å². The Morgan fingerprint density at radius 3 is 2.57 bits per heavy atom. The molecule has 114 valence electrons. The molecule has 3 aromatic rings. The lowest BCUT2D eigenvalue weighted by Crippen LogP contribution is -2.24. The van der Waals surface area contributed by atoms with Gasteiger partial charge in [0.1, 0.15) is 6.33 Å². The van der Waals surface area contributed by atoms with Gasteiger partial charge in [-0.2, -0.15) is 0 Å². The molecule has 2 aromatic heterocycles. The van der Waals surface area contributed by atoms with Crippen molar-refractivity contribution in [1.29, 1.82) is 0 Å². The van der Waals surface area contributed by atoms with Crippen LogP contribution in [0.25, 0.3) is 0 Å². The van der Waals surface area contributed by atoms with Crippen LogP contribution < -0.4 is 10.6 Å². The molecule has 0 saturated carbocycles. The van der Waals surface area contributed by atoms with E-state index in [1.807, 2.05) is 36.4 Å². The zero-order valence-corrected chi connectivity index (χ0v) is 12.3. The number of rotatable bonds is 5. The molecule has 1 amide bonds. The zero-order valence-electron chi connectivity index (χ0n) is 12.3. The Balaban J connectivity index is 1.73. The molecular weight excluding hydrogens is 290 g/mol. The maximum atomic E-state index is 12.4. The molecule has 0 atom stereocenters. The predicted molar refractivity (Wildman–Crippen MR) is 87.2 cm³/mol. The van der Waals surface area contributed by atoms with Crippen molar-refractivity contribution in [2.24, 2.45) is 0 Å². The fourth-order valence-electron chi connectivity index (χ4n) is 2.08. The number of carbonyl (C=O) groups is 1. The van der Waals surface area contributed by atoms with E-state index in [4.69, 9.17) is 0 Å². The maximum absolute atomic E-state index is 12.4. The topological polar surface area (TPSA) is 79.8 Å². The molecule has 0 fully saturated rings.